The lowest BCUT2D eigenvalue weighted by atomic mass is 10.1. The van der Waals surface area contributed by atoms with Crippen LogP contribution in [0.1, 0.15) is 24.0 Å². The van der Waals surface area contributed by atoms with Crippen LogP contribution in [0.4, 0.5) is 5.82 Å². The van der Waals surface area contributed by atoms with Gasteiger partial charge in [0.25, 0.3) is 5.56 Å². The molecule has 0 amide bonds. The molecule has 1 fully saturated rings. The molecule has 2 aliphatic heterocycles. The Hall–Kier alpha value is -3.00. The van der Waals surface area contributed by atoms with Gasteiger partial charge in [-0.05, 0) is 37.1 Å². The van der Waals surface area contributed by atoms with Gasteiger partial charge in [-0.3, -0.25) is 4.79 Å². The number of hydrogen-bond acceptors (Lipinski definition) is 7. The summed E-state index contributed by atoms with van der Waals surface area (Å²) >= 11 is 5.93. The van der Waals surface area contributed by atoms with Gasteiger partial charge in [-0.2, -0.15) is 4.52 Å². The number of hydrogen-bond donors (Lipinski definition) is 0. The number of aromatic nitrogens is 3. The van der Waals surface area contributed by atoms with Crippen molar-refractivity contribution in [1.82, 2.24) is 14.6 Å². The van der Waals surface area contributed by atoms with Crippen molar-refractivity contribution < 1.29 is 14.2 Å². The largest absolute Gasteiger partial charge is 0.490 e. The van der Waals surface area contributed by atoms with Gasteiger partial charge in [0.15, 0.2) is 23.0 Å². The lowest BCUT2D eigenvalue weighted by molar-refractivity contribution is 0.158. The second-order valence-electron chi connectivity index (χ2n) is 7.90. The molecule has 0 spiro atoms. The molecule has 0 atom stereocenters. The van der Waals surface area contributed by atoms with Crippen LogP contribution in [0, 0.1) is 13.8 Å². The van der Waals surface area contributed by atoms with Crippen molar-refractivity contribution in [1.29, 1.82) is 0 Å². The van der Waals surface area contributed by atoms with Gasteiger partial charge in [0.05, 0.1) is 6.20 Å². The molecule has 3 aromatic rings. The van der Waals surface area contributed by atoms with E-state index in [1.54, 1.807) is 0 Å². The monoisotopic (exact) mass is 442 g/mol. The van der Waals surface area contributed by atoms with Crippen LogP contribution < -0.4 is 24.7 Å². The lowest BCUT2D eigenvalue weighted by Gasteiger charge is -2.33. The van der Waals surface area contributed by atoms with E-state index < -0.39 is 0 Å². The summed E-state index contributed by atoms with van der Waals surface area (Å²) in [5.41, 5.74) is 2.11. The number of halogens is 1. The molecule has 8 nitrogen and oxygen atoms in total. The third-order valence-electron chi connectivity index (χ3n) is 5.66. The molecule has 0 N–H and O–H groups in total. The molecule has 0 radical (unpaired) electrons. The highest BCUT2D eigenvalue weighted by Gasteiger charge is 2.24. The third kappa shape index (κ3) is 3.76. The molecule has 162 valence electrons. The molecular weight excluding hydrogens is 420 g/mol. The van der Waals surface area contributed by atoms with E-state index in [1.807, 2.05) is 32.0 Å². The van der Waals surface area contributed by atoms with E-state index in [2.05, 4.69) is 15.0 Å². The van der Waals surface area contributed by atoms with Gasteiger partial charge in [-0.1, -0.05) is 11.6 Å². The average Bonchev–Trinajstić information content (AvgIpc) is 2.77. The summed E-state index contributed by atoms with van der Waals surface area (Å²) in [7, 11) is 0. The van der Waals surface area contributed by atoms with Crippen LogP contribution in [0.15, 0.2) is 29.2 Å². The Morgan fingerprint density at radius 2 is 1.87 bits per heavy atom. The van der Waals surface area contributed by atoms with E-state index in [1.165, 1.54) is 10.7 Å². The molecule has 5 rings (SSSR count). The van der Waals surface area contributed by atoms with Crippen molar-refractivity contribution in [2.24, 2.45) is 0 Å². The van der Waals surface area contributed by atoms with Crippen LogP contribution in [-0.4, -0.2) is 47.0 Å². The minimum Gasteiger partial charge on any atom is -0.490 e. The van der Waals surface area contributed by atoms with Crippen molar-refractivity contribution in [2.45, 2.75) is 32.8 Å². The van der Waals surface area contributed by atoms with Crippen molar-refractivity contribution in [3.63, 3.8) is 0 Å². The molecule has 9 heteroatoms. The van der Waals surface area contributed by atoms with Crippen molar-refractivity contribution in [2.75, 3.05) is 31.2 Å². The Morgan fingerprint density at radius 1 is 1.10 bits per heavy atom. The summed E-state index contributed by atoms with van der Waals surface area (Å²) in [5.74, 6) is 3.11. The van der Waals surface area contributed by atoms with Gasteiger partial charge in [0, 0.05) is 32.0 Å². The average molecular weight is 443 g/mol. The first-order chi connectivity index (χ1) is 15.0. The molecule has 2 aromatic heterocycles. The van der Waals surface area contributed by atoms with Gasteiger partial charge in [-0.15, -0.1) is 5.10 Å². The first-order valence-corrected chi connectivity index (χ1v) is 10.7. The highest BCUT2D eigenvalue weighted by atomic mass is 35.5. The van der Waals surface area contributed by atoms with Gasteiger partial charge in [-0.25, -0.2) is 4.98 Å². The first kappa shape index (κ1) is 19.9. The number of nitrogens with zero attached hydrogens (tertiary/aromatic N) is 4. The lowest BCUT2D eigenvalue weighted by Crippen LogP contribution is -2.39. The normalized spacial score (nSPS) is 16.5. The van der Waals surface area contributed by atoms with Gasteiger partial charge in [0.1, 0.15) is 30.1 Å². The summed E-state index contributed by atoms with van der Waals surface area (Å²) in [6, 6.07) is 5.77. The molecule has 1 aromatic carbocycles. The van der Waals surface area contributed by atoms with E-state index in [0.29, 0.717) is 18.9 Å². The minimum absolute atomic E-state index is 0.0571. The molecule has 0 saturated carbocycles. The molecule has 1 saturated heterocycles. The Balaban J connectivity index is 1.31. The summed E-state index contributed by atoms with van der Waals surface area (Å²) in [6.07, 6.45) is 3.14. The predicted octanol–water partition coefficient (Wildman–Crippen LogP) is 3.18. The quantitative estimate of drug-likeness (QED) is 0.616. The van der Waals surface area contributed by atoms with E-state index in [4.69, 9.17) is 25.8 Å². The Kier molecular flexibility index (Phi) is 5.09. The molecule has 31 heavy (non-hydrogen) atoms. The smallest absolute Gasteiger partial charge is 0.293 e. The highest BCUT2D eigenvalue weighted by molar-refractivity contribution is 6.30. The Labute approximate surface area is 184 Å². The molecule has 0 unspecified atom stereocenters. The van der Waals surface area contributed by atoms with Gasteiger partial charge in [0.2, 0.25) is 0 Å². The third-order valence-corrected chi connectivity index (χ3v) is 5.92. The summed E-state index contributed by atoms with van der Waals surface area (Å²) in [5, 5.41) is 4.60. The zero-order valence-corrected chi connectivity index (χ0v) is 18.2. The summed E-state index contributed by atoms with van der Waals surface area (Å²) in [4.78, 5) is 18.7. The number of aryl methyl sites for hydroxylation is 2. The predicted molar refractivity (Wildman–Crippen MR) is 117 cm³/mol. The Bertz CT molecular complexity index is 1200. The zero-order valence-electron chi connectivity index (χ0n) is 17.4. The van der Waals surface area contributed by atoms with Crippen LogP contribution in [0.25, 0.3) is 5.65 Å². The first-order valence-electron chi connectivity index (χ1n) is 10.4. The van der Waals surface area contributed by atoms with E-state index in [-0.39, 0.29) is 16.7 Å². The number of fused-ring (bicyclic) bond motifs is 2. The van der Waals surface area contributed by atoms with Crippen LogP contribution in [0.3, 0.4) is 0 Å². The molecule has 4 heterocycles. The van der Waals surface area contributed by atoms with Gasteiger partial charge < -0.3 is 19.1 Å². The summed E-state index contributed by atoms with van der Waals surface area (Å²) in [6.45, 7) is 6.65. The fourth-order valence-corrected chi connectivity index (χ4v) is 4.25. The van der Waals surface area contributed by atoms with Crippen LogP contribution in [0.5, 0.6) is 17.2 Å². The summed E-state index contributed by atoms with van der Waals surface area (Å²) < 4.78 is 18.9. The molecular formula is C22H23ClN4O4. The minimum atomic E-state index is -0.361. The Morgan fingerprint density at radius 3 is 2.68 bits per heavy atom. The van der Waals surface area contributed by atoms with E-state index in [0.717, 1.165) is 60.1 Å². The topological polar surface area (TPSA) is 78.2 Å². The maximum atomic E-state index is 12.3. The van der Waals surface area contributed by atoms with E-state index in [9.17, 15) is 4.79 Å². The molecule has 0 bridgehead atoms. The number of piperidine rings is 1. The van der Waals surface area contributed by atoms with Crippen LogP contribution in [-0.2, 0) is 0 Å². The second kappa shape index (κ2) is 7.92. The van der Waals surface area contributed by atoms with Gasteiger partial charge >= 0.3 is 0 Å². The number of benzene rings is 1. The number of anilines is 1. The maximum absolute atomic E-state index is 12.3. The fourth-order valence-electron chi connectivity index (χ4n) is 4.12. The van der Waals surface area contributed by atoms with Crippen LogP contribution in [0.2, 0.25) is 5.02 Å². The molecule has 2 aliphatic rings. The SMILES string of the molecule is Cc1cc2ncc(Cl)c(=O)n2nc1N1CCC(Oc2cc(C)c3c(c2)OCCO3)CC1. The fraction of sp³-hybridized carbons (Fsp3) is 0.409. The maximum Gasteiger partial charge on any atom is 0.293 e. The van der Waals surface area contributed by atoms with Crippen molar-refractivity contribution in [3.8, 4) is 17.2 Å². The van der Waals surface area contributed by atoms with Crippen molar-refractivity contribution in [3.05, 3.63) is 50.9 Å². The highest BCUT2D eigenvalue weighted by Crippen LogP contribution is 2.38. The second-order valence-corrected chi connectivity index (χ2v) is 8.31. The van der Waals surface area contributed by atoms with Crippen LogP contribution >= 0.6 is 11.6 Å². The zero-order chi connectivity index (χ0) is 21.5. The standard InChI is InChI=1S/C22H23ClN4O4/c1-13-9-16(11-18-20(13)30-8-7-29-18)31-15-3-5-26(6-4-15)21-14(2)10-19-24-12-17(23)22(28)27(19)25-21/h9-12,15H,3-8H2,1-2H3. The van der Waals surface area contributed by atoms with E-state index >= 15 is 0 Å². The molecule has 0 aliphatic carbocycles. The number of ether oxygens (including phenoxy) is 3. The van der Waals surface area contributed by atoms with Crippen molar-refractivity contribution >= 4 is 23.1 Å². The number of rotatable bonds is 3.